The van der Waals surface area contributed by atoms with E-state index < -0.39 is 0 Å². The van der Waals surface area contributed by atoms with Gasteiger partial charge in [-0.05, 0) is 25.6 Å². The van der Waals surface area contributed by atoms with Crippen LogP contribution in [0.5, 0.6) is 0 Å². The topological polar surface area (TPSA) is 75.6 Å². The molecule has 0 atom stereocenters. The van der Waals surface area contributed by atoms with Gasteiger partial charge in [0.15, 0.2) is 5.11 Å². The Balaban J connectivity index is 1.92. The second-order valence-corrected chi connectivity index (χ2v) is 5.74. The highest BCUT2D eigenvalue weighted by atomic mass is 32.1. The molecule has 0 spiro atoms. The normalized spacial score (nSPS) is 10.3. The summed E-state index contributed by atoms with van der Waals surface area (Å²) in [4.78, 5) is 0. The Bertz CT molecular complexity index is 534. The Hall–Kier alpha value is -1.19. The summed E-state index contributed by atoms with van der Waals surface area (Å²) in [6.07, 6.45) is 2.00. The number of anilines is 2. The molecular formula is C9H12N6S3. The van der Waals surface area contributed by atoms with Gasteiger partial charge in [-0.25, -0.2) is 0 Å². The van der Waals surface area contributed by atoms with E-state index in [0.717, 1.165) is 28.5 Å². The number of rotatable bonds is 4. The van der Waals surface area contributed by atoms with Gasteiger partial charge in [-0.3, -0.25) is 0 Å². The molecule has 0 saturated heterocycles. The number of nitrogens with one attached hydrogen (secondary N) is 2. The van der Waals surface area contributed by atoms with E-state index in [1.54, 1.807) is 0 Å². The Morgan fingerprint density at radius 1 is 1.28 bits per heavy atom. The molecule has 0 bridgehead atoms. The van der Waals surface area contributed by atoms with Crippen molar-refractivity contribution in [2.24, 2.45) is 0 Å². The minimum absolute atomic E-state index is 0.475. The van der Waals surface area contributed by atoms with E-state index in [1.807, 2.05) is 6.92 Å². The lowest BCUT2D eigenvalue weighted by molar-refractivity contribution is 0.879. The molecule has 0 radical (unpaired) electrons. The first kappa shape index (κ1) is 13.2. The van der Waals surface area contributed by atoms with Crippen LogP contribution in [0.1, 0.15) is 24.0 Å². The third-order valence-corrected chi connectivity index (χ3v) is 3.88. The number of hydrogen-bond donors (Lipinski definition) is 2. The first-order valence-electron chi connectivity index (χ1n) is 5.38. The van der Waals surface area contributed by atoms with Crippen LogP contribution in [0.4, 0.5) is 10.1 Å². The number of nitrogens with zero attached hydrogens (tertiary/aromatic N) is 4. The molecular weight excluding hydrogens is 288 g/mol. The zero-order valence-corrected chi connectivity index (χ0v) is 12.4. The van der Waals surface area contributed by atoms with Crippen molar-refractivity contribution in [2.45, 2.75) is 26.7 Å². The molecule has 0 aromatic carbocycles. The average molecular weight is 300 g/mol. The fourth-order valence-corrected chi connectivity index (χ4v) is 2.94. The van der Waals surface area contributed by atoms with Gasteiger partial charge in [0.1, 0.15) is 10.0 Å². The Morgan fingerprint density at radius 3 is 2.78 bits per heavy atom. The summed E-state index contributed by atoms with van der Waals surface area (Å²) >= 11 is 7.97. The Morgan fingerprint density at radius 2 is 2.11 bits per heavy atom. The molecule has 2 N–H and O–H groups in total. The van der Waals surface area contributed by atoms with Gasteiger partial charge in [0.2, 0.25) is 5.13 Å². The smallest absolute Gasteiger partial charge is 0.211 e. The predicted octanol–water partition coefficient (Wildman–Crippen LogP) is 2.46. The van der Waals surface area contributed by atoms with Gasteiger partial charge in [-0.1, -0.05) is 22.7 Å². The second kappa shape index (κ2) is 6.12. The third-order valence-electron chi connectivity index (χ3n) is 2.03. The maximum absolute atomic E-state index is 5.19. The van der Waals surface area contributed by atoms with E-state index in [0.29, 0.717) is 10.2 Å². The van der Waals surface area contributed by atoms with E-state index in [4.69, 9.17) is 12.2 Å². The van der Waals surface area contributed by atoms with Crippen LogP contribution in [0.25, 0.3) is 0 Å². The maximum Gasteiger partial charge on any atom is 0.211 e. The van der Waals surface area contributed by atoms with Crippen LogP contribution < -0.4 is 10.6 Å². The molecule has 96 valence electrons. The highest BCUT2D eigenvalue weighted by Crippen LogP contribution is 2.19. The van der Waals surface area contributed by atoms with E-state index in [1.165, 1.54) is 22.9 Å². The molecule has 0 aliphatic carbocycles. The molecule has 2 heterocycles. The van der Waals surface area contributed by atoms with Crippen LogP contribution in [0.15, 0.2) is 0 Å². The summed E-state index contributed by atoms with van der Waals surface area (Å²) in [5.74, 6) is 0. The van der Waals surface area contributed by atoms with E-state index >= 15 is 0 Å². The van der Waals surface area contributed by atoms with Crippen LogP contribution in [-0.4, -0.2) is 24.9 Å². The van der Waals surface area contributed by atoms with Crippen molar-refractivity contribution in [1.82, 2.24) is 19.8 Å². The van der Waals surface area contributed by atoms with Gasteiger partial charge < -0.3 is 10.6 Å². The van der Waals surface area contributed by atoms with E-state index in [9.17, 15) is 0 Å². The molecule has 2 rings (SSSR count). The molecule has 18 heavy (non-hydrogen) atoms. The van der Waals surface area contributed by atoms with Crippen molar-refractivity contribution < 1.29 is 0 Å². The molecule has 0 aliphatic heterocycles. The first-order chi connectivity index (χ1) is 8.69. The zero-order chi connectivity index (χ0) is 13.0. The lowest BCUT2D eigenvalue weighted by atomic mass is 10.4. The number of thiocarbonyl (C=S) groups is 1. The monoisotopic (exact) mass is 300 g/mol. The van der Waals surface area contributed by atoms with Crippen molar-refractivity contribution >= 4 is 50.3 Å². The number of aryl methyl sites for hydroxylation is 2. The second-order valence-electron chi connectivity index (χ2n) is 3.52. The van der Waals surface area contributed by atoms with Crippen molar-refractivity contribution in [3.05, 3.63) is 10.7 Å². The third kappa shape index (κ3) is 3.40. The van der Waals surface area contributed by atoms with Gasteiger partial charge in [0, 0.05) is 18.0 Å². The van der Waals surface area contributed by atoms with E-state index in [-0.39, 0.29) is 0 Å². The molecule has 9 heteroatoms. The highest BCUT2D eigenvalue weighted by molar-refractivity contribution is 7.80. The molecule has 2 aromatic heterocycles. The minimum Gasteiger partial charge on any atom is -0.321 e. The van der Waals surface area contributed by atoms with Crippen molar-refractivity contribution in [2.75, 3.05) is 10.6 Å². The summed E-state index contributed by atoms with van der Waals surface area (Å²) in [7, 11) is 0. The van der Waals surface area contributed by atoms with Gasteiger partial charge in [-0.15, -0.1) is 15.3 Å². The van der Waals surface area contributed by atoms with Crippen molar-refractivity contribution in [3.8, 4) is 0 Å². The summed E-state index contributed by atoms with van der Waals surface area (Å²) in [5, 5.41) is 21.1. The average Bonchev–Trinajstić information content (AvgIpc) is 2.90. The Labute approximate surface area is 118 Å². The van der Waals surface area contributed by atoms with Crippen molar-refractivity contribution in [3.63, 3.8) is 0 Å². The molecule has 0 saturated carbocycles. The fraction of sp³-hybridized carbons (Fsp3) is 0.444. The number of aromatic nitrogens is 4. The molecule has 0 unspecified atom stereocenters. The van der Waals surface area contributed by atoms with Crippen LogP contribution in [0.2, 0.25) is 0 Å². The largest absolute Gasteiger partial charge is 0.321 e. The van der Waals surface area contributed by atoms with Crippen molar-refractivity contribution in [1.29, 1.82) is 0 Å². The minimum atomic E-state index is 0.475. The lowest BCUT2D eigenvalue weighted by Gasteiger charge is -2.04. The first-order valence-corrected chi connectivity index (χ1v) is 7.38. The predicted molar refractivity (Wildman–Crippen MR) is 78.4 cm³/mol. The van der Waals surface area contributed by atoms with E-state index in [2.05, 4.69) is 37.3 Å². The highest BCUT2D eigenvalue weighted by Gasteiger charge is 2.08. The fourth-order valence-electron chi connectivity index (χ4n) is 1.20. The number of hydrogen-bond acceptors (Lipinski definition) is 7. The van der Waals surface area contributed by atoms with Gasteiger partial charge in [-0.2, -0.15) is 0 Å². The van der Waals surface area contributed by atoms with Gasteiger partial charge in [0.05, 0.1) is 5.69 Å². The van der Waals surface area contributed by atoms with Crippen LogP contribution in [0, 0.1) is 6.92 Å². The maximum atomic E-state index is 5.19. The molecule has 0 aliphatic rings. The van der Waals surface area contributed by atoms with Crippen LogP contribution >= 0.6 is 35.1 Å². The molecule has 0 amide bonds. The summed E-state index contributed by atoms with van der Waals surface area (Å²) in [5.41, 5.74) is 0.827. The van der Waals surface area contributed by atoms with Gasteiger partial charge >= 0.3 is 0 Å². The summed E-state index contributed by atoms with van der Waals surface area (Å²) in [6, 6.07) is 0. The molecule has 0 fully saturated rings. The quantitative estimate of drug-likeness (QED) is 0.840. The summed E-state index contributed by atoms with van der Waals surface area (Å²) in [6.45, 7) is 3.99. The standard InChI is InChI=1S/C9H12N6S3/c1-3-4-6-13-14-9(17-6)11-8(16)10-7-5(2)12-15-18-7/h3-4H2,1-2H3,(H2,10,11,14,16). The zero-order valence-electron chi connectivity index (χ0n) is 9.93. The Kier molecular flexibility index (Phi) is 4.50. The van der Waals surface area contributed by atoms with Crippen LogP contribution in [0.3, 0.4) is 0 Å². The summed E-state index contributed by atoms with van der Waals surface area (Å²) < 4.78 is 3.83. The molecule has 2 aromatic rings. The molecule has 6 nitrogen and oxygen atoms in total. The van der Waals surface area contributed by atoms with Crippen LogP contribution in [-0.2, 0) is 6.42 Å². The SMILES string of the molecule is CCCc1nnc(NC(=S)Nc2snnc2C)s1. The lowest BCUT2D eigenvalue weighted by Crippen LogP contribution is -2.18. The van der Waals surface area contributed by atoms with Gasteiger partial charge in [0.25, 0.3) is 0 Å².